The van der Waals surface area contributed by atoms with E-state index in [1.807, 2.05) is 23.9 Å². The molecular formula is C29H31N2O3S3+. The van der Waals surface area contributed by atoms with Crippen LogP contribution in [0.2, 0.25) is 0 Å². The molecule has 1 aliphatic rings. The van der Waals surface area contributed by atoms with Crippen molar-refractivity contribution in [2.45, 2.75) is 45.1 Å². The molecular weight excluding hydrogens is 521 g/mol. The number of benzene rings is 3. The highest BCUT2D eigenvalue weighted by molar-refractivity contribution is 8.03. The lowest BCUT2D eigenvalue weighted by atomic mass is 10.1. The first-order valence-electron chi connectivity index (χ1n) is 12.5. The van der Waals surface area contributed by atoms with Gasteiger partial charge in [0.1, 0.15) is 4.70 Å². The van der Waals surface area contributed by atoms with Gasteiger partial charge in [0.15, 0.2) is 6.54 Å². The molecule has 0 aliphatic carbocycles. The second kappa shape index (κ2) is 10.6. The van der Waals surface area contributed by atoms with Gasteiger partial charge in [0.2, 0.25) is 5.52 Å². The maximum atomic E-state index is 11.4. The molecule has 192 valence electrons. The quantitative estimate of drug-likeness (QED) is 0.185. The van der Waals surface area contributed by atoms with Crippen LogP contribution in [0.5, 0.6) is 0 Å². The van der Waals surface area contributed by atoms with Crippen molar-refractivity contribution in [3.05, 3.63) is 81.8 Å². The number of rotatable bonds is 8. The molecule has 2 heterocycles. The number of hydrogen-bond acceptors (Lipinski definition) is 5. The van der Waals surface area contributed by atoms with Crippen LogP contribution in [-0.2, 0) is 16.7 Å². The van der Waals surface area contributed by atoms with Gasteiger partial charge in [-0.1, -0.05) is 60.4 Å². The van der Waals surface area contributed by atoms with Gasteiger partial charge in [0, 0.05) is 23.9 Å². The zero-order valence-corrected chi connectivity index (χ0v) is 23.7. The number of thioether (sulfide) groups is 1. The monoisotopic (exact) mass is 551 g/mol. The van der Waals surface area contributed by atoms with Crippen molar-refractivity contribution in [3.63, 3.8) is 0 Å². The van der Waals surface area contributed by atoms with Crippen LogP contribution in [0, 0.1) is 6.92 Å². The van der Waals surface area contributed by atoms with Gasteiger partial charge in [-0.2, -0.15) is 13.0 Å². The molecule has 0 radical (unpaired) electrons. The molecule has 4 aromatic rings. The highest BCUT2D eigenvalue weighted by Crippen LogP contribution is 2.46. The van der Waals surface area contributed by atoms with Gasteiger partial charge in [-0.15, -0.1) is 0 Å². The summed E-state index contributed by atoms with van der Waals surface area (Å²) in [5.41, 5.74) is 4.85. The van der Waals surface area contributed by atoms with Crippen molar-refractivity contribution in [1.82, 2.24) is 0 Å². The largest absolute Gasteiger partial charge is 0.335 e. The van der Waals surface area contributed by atoms with Crippen LogP contribution in [-0.4, -0.2) is 25.3 Å². The molecule has 0 bridgehead atoms. The van der Waals surface area contributed by atoms with E-state index in [-0.39, 0.29) is 5.75 Å². The summed E-state index contributed by atoms with van der Waals surface area (Å²) in [5, 5.41) is 4.60. The number of hydrogen-bond donors (Lipinski definition) is 1. The van der Waals surface area contributed by atoms with Crippen molar-refractivity contribution in [2.75, 3.05) is 17.2 Å². The lowest BCUT2D eigenvalue weighted by molar-refractivity contribution is -0.667. The molecule has 0 fully saturated rings. The fourth-order valence-electron chi connectivity index (χ4n) is 4.82. The summed E-state index contributed by atoms with van der Waals surface area (Å²) in [6.45, 7) is 7.89. The Morgan fingerprint density at radius 2 is 1.92 bits per heavy atom. The summed E-state index contributed by atoms with van der Waals surface area (Å²) in [6, 6.07) is 19.2. The van der Waals surface area contributed by atoms with Gasteiger partial charge in [0.25, 0.3) is 15.1 Å². The van der Waals surface area contributed by atoms with Crippen molar-refractivity contribution >= 4 is 66.0 Å². The predicted octanol–water partition coefficient (Wildman–Crippen LogP) is 7.20. The normalized spacial score (nSPS) is 15.3. The summed E-state index contributed by atoms with van der Waals surface area (Å²) < 4.78 is 35.6. The van der Waals surface area contributed by atoms with Crippen LogP contribution in [0.4, 0.5) is 5.69 Å². The Morgan fingerprint density at radius 3 is 2.68 bits per heavy atom. The molecule has 1 N–H and O–H groups in total. The number of thiazole rings is 1. The maximum Gasteiger partial charge on any atom is 0.265 e. The Balaban J connectivity index is 1.59. The fraction of sp³-hybridized carbons (Fsp3) is 0.276. The molecule has 5 rings (SSSR count). The molecule has 0 atom stereocenters. The fourth-order valence-corrected chi connectivity index (χ4v) is 7.67. The molecule has 0 spiro atoms. The third-order valence-corrected chi connectivity index (χ3v) is 9.64. The van der Waals surface area contributed by atoms with Crippen LogP contribution < -0.4 is 9.47 Å². The second-order valence-electron chi connectivity index (χ2n) is 9.24. The van der Waals surface area contributed by atoms with Gasteiger partial charge in [-0.05, 0) is 67.1 Å². The van der Waals surface area contributed by atoms with Gasteiger partial charge in [-0.3, -0.25) is 4.55 Å². The topological polar surface area (TPSA) is 61.5 Å². The van der Waals surface area contributed by atoms with E-state index in [1.54, 1.807) is 11.3 Å². The number of allylic oxidation sites excluding steroid dienone is 2. The molecule has 5 nitrogen and oxygen atoms in total. The van der Waals surface area contributed by atoms with E-state index >= 15 is 0 Å². The van der Waals surface area contributed by atoms with Crippen molar-refractivity contribution in [1.29, 1.82) is 0 Å². The first-order valence-corrected chi connectivity index (χ1v) is 15.8. The van der Waals surface area contributed by atoms with Crippen molar-refractivity contribution in [2.24, 2.45) is 0 Å². The standard InChI is InChI=1S/C29H30N2O3S3/c1-4-21(18-27-30(5-2)24-17-20(3)11-13-25(24)35-27)19-28-31(15-8-16-37(32,33)34)29-23-10-7-6-9-22(23)12-14-26(29)36-28/h6-7,9-14,17-19H,4-5,8,15-16H2,1-3H3/p+1. The van der Waals surface area contributed by atoms with Crippen LogP contribution in [0.1, 0.15) is 37.3 Å². The summed E-state index contributed by atoms with van der Waals surface area (Å²) in [5.74, 6) is -0.254. The van der Waals surface area contributed by atoms with Crippen LogP contribution in [0.3, 0.4) is 0 Å². The van der Waals surface area contributed by atoms with E-state index < -0.39 is 10.1 Å². The molecule has 0 saturated carbocycles. The smallest absolute Gasteiger partial charge is 0.265 e. The Hall–Kier alpha value is -2.65. The first-order chi connectivity index (χ1) is 17.8. The minimum absolute atomic E-state index is 0.254. The van der Waals surface area contributed by atoms with Crippen LogP contribution in [0.25, 0.3) is 27.1 Å². The number of aryl methyl sites for hydroxylation is 2. The van der Waals surface area contributed by atoms with E-state index in [2.05, 4.69) is 84.9 Å². The van der Waals surface area contributed by atoms with Gasteiger partial charge >= 0.3 is 0 Å². The van der Waals surface area contributed by atoms with E-state index in [1.165, 1.54) is 26.7 Å². The Morgan fingerprint density at radius 1 is 1.11 bits per heavy atom. The zero-order valence-electron chi connectivity index (χ0n) is 21.3. The minimum atomic E-state index is -4.01. The minimum Gasteiger partial charge on any atom is -0.335 e. The lowest BCUT2D eigenvalue weighted by Crippen LogP contribution is -2.36. The Kier molecular flexibility index (Phi) is 7.45. The van der Waals surface area contributed by atoms with Crippen molar-refractivity contribution < 1.29 is 17.5 Å². The Labute approximate surface area is 226 Å². The van der Waals surface area contributed by atoms with E-state index in [9.17, 15) is 13.0 Å². The second-order valence-corrected chi connectivity index (χ2v) is 12.9. The Bertz CT molecular complexity index is 1650. The summed E-state index contributed by atoms with van der Waals surface area (Å²) in [4.78, 5) is 3.65. The zero-order chi connectivity index (χ0) is 26.2. The molecule has 0 saturated heterocycles. The number of aromatic nitrogens is 1. The lowest BCUT2D eigenvalue weighted by Gasteiger charge is -2.18. The first kappa shape index (κ1) is 26.0. The van der Waals surface area contributed by atoms with E-state index in [4.69, 9.17) is 0 Å². The molecule has 8 heteroatoms. The van der Waals surface area contributed by atoms with Crippen LogP contribution >= 0.6 is 23.1 Å². The molecule has 3 aromatic carbocycles. The summed E-state index contributed by atoms with van der Waals surface area (Å²) >= 11 is 3.53. The molecule has 37 heavy (non-hydrogen) atoms. The van der Waals surface area contributed by atoms with E-state index in [0.29, 0.717) is 13.0 Å². The third-order valence-electron chi connectivity index (χ3n) is 6.63. The summed E-state index contributed by atoms with van der Waals surface area (Å²) in [7, 11) is -4.01. The van der Waals surface area contributed by atoms with Crippen LogP contribution in [0.15, 0.2) is 76.2 Å². The SMILES string of the molecule is CCC(=Cc1sc2ccc3ccccc3c2[n+]1CCCS(=O)(=O)O)C=C1Sc2ccc(C)cc2N1CC. The van der Waals surface area contributed by atoms with Gasteiger partial charge in [0.05, 0.1) is 21.9 Å². The summed E-state index contributed by atoms with van der Waals surface area (Å²) in [6.07, 6.45) is 5.74. The highest BCUT2D eigenvalue weighted by Gasteiger charge is 2.25. The predicted molar refractivity (Wildman–Crippen MR) is 157 cm³/mol. The molecule has 0 unspecified atom stereocenters. The number of fused-ring (bicyclic) bond motifs is 4. The highest BCUT2D eigenvalue weighted by atomic mass is 32.2. The maximum absolute atomic E-state index is 11.4. The number of nitrogens with zero attached hydrogens (tertiary/aromatic N) is 2. The van der Waals surface area contributed by atoms with Gasteiger partial charge < -0.3 is 4.90 Å². The molecule has 1 aromatic heterocycles. The third kappa shape index (κ3) is 5.48. The molecule has 0 amide bonds. The molecule has 1 aliphatic heterocycles. The number of anilines is 1. The average Bonchev–Trinajstić information content (AvgIpc) is 3.39. The van der Waals surface area contributed by atoms with Crippen molar-refractivity contribution in [3.8, 4) is 0 Å². The average molecular weight is 552 g/mol. The van der Waals surface area contributed by atoms with Gasteiger partial charge in [-0.25, -0.2) is 0 Å². The van der Waals surface area contributed by atoms with E-state index in [0.717, 1.165) is 39.0 Å².